The fourth-order valence-corrected chi connectivity index (χ4v) is 2.20. The smallest absolute Gasteiger partial charge is 0.338 e. The third-order valence-electron chi connectivity index (χ3n) is 3.61. The van der Waals surface area contributed by atoms with Crippen molar-refractivity contribution < 1.29 is 34.0 Å². The molecule has 0 radical (unpaired) electrons. The van der Waals surface area contributed by atoms with E-state index in [1.54, 1.807) is 32.4 Å². The zero-order valence-corrected chi connectivity index (χ0v) is 15.9. The van der Waals surface area contributed by atoms with Crippen molar-refractivity contribution in [2.75, 3.05) is 27.4 Å². The molecule has 0 saturated heterocycles. The van der Waals surface area contributed by atoms with E-state index >= 15 is 0 Å². The first-order chi connectivity index (χ1) is 12.5. The third-order valence-corrected chi connectivity index (χ3v) is 3.61. The minimum atomic E-state index is -1.54. The van der Waals surface area contributed by atoms with E-state index in [4.69, 9.17) is 4.74 Å². The van der Waals surface area contributed by atoms with E-state index in [0.717, 1.165) is 24.8 Å². The van der Waals surface area contributed by atoms with Gasteiger partial charge in [-0.25, -0.2) is 4.79 Å². The van der Waals surface area contributed by atoms with Crippen molar-refractivity contribution in [3.8, 4) is 0 Å². The molecular weight excluding hydrogens is 340 g/mol. The zero-order valence-electron chi connectivity index (χ0n) is 15.9. The first kappa shape index (κ1) is 24.0. The minimum Gasteiger partial charge on any atom is -0.462 e. The summed E-state index contributed by atoms with van der Waals surface area (Å²) in [6.07, 6.45) is 0.856. The molecule has 0 heterocycles. The van der Waals surface area contributed by atoms with Crippen LogP contribution in [-0.4, -0.2) is 56.4 Å². The SMILES string of the molecule is CCCCOC(=O)c1cc(CC)ccc1C(CO)C(O)OC=O.COC. The van der Waals surface area contributed by atoms with Crippen molar-refractivity contribution in [2.24, 2.45) is 0 Å². The Bertz CT molecular complexity index is 531. The minimum absolute atomic E-state index is 0.104. The van der Waals surface area contributed by atoms with Crippen LogP contribution in [0.3, 0.4) is 0 Å². The summed E-state index contributed by atoms with van der Waals surface area (Å²) in [6, 6.07) is 5.13. The van der Waals surface area contributed by atoms with Gasteiger partial charge in [0.25, 0.3) is 6.47 Å². The Morgan fingerprint density at radius 3 is 2.42 bits per heavy atom. The van der Waals surface area contributed by atoms with Crippen molar-refractivity contribution in [1.29, 1.82) is 0 Å². The molecule has 2 N–H and O–H groups in total. The summed E-state index contributed by atoms with van der Waals surface area (Å²) in [5.74, 6) is -1.43. The second-order valence-corrected chi connectivity index (χ2v) is 5.58. The first-order valence-electron chi connectivity index (χ1n) is 8.58. The summed E-state index contributed by atoms with van der Waals surface area (Å²) >= 11 is 0. The number of unbranched alkanes of at least 4 members (excludes halogenated alkanes) is 1. The van der Waals surface area contributed by atoms with E-state index in [1.807, 2.05) is 13.8 Å². The molecule has 7 nitrogen and oxygen atoms in total. The number of carbonyl (C=O) groups is 2. The number of benzene rings is 1. The number of aliphatic hydroxyl groups excluding tert-OH is 2. The summed E-state index contributed by atoms with van der Waals surface area (Å²) in [5.41, 5.74) is 1.59. The van der Waals surface area contributed by atoms with Gasteiger partial charge in [0.2, 0.25) is 6.29 Å². The fraction of sp³-hybridized carbons (Fsp3) is 0.579. The molecule has 1 rings (SSSR count). The number of aryl methyl sites for hydroxylation is 1. The highest BCUT2D eigenvalue weighted by molar-refractivity contribution is 5.91. The molecule has 1 aromatic carbocycles. The van der Waals surface area contributed by atoms with Crippen molar-refractivity contribution in [2.45, 2.75) is 45.3 Å². The number of aliphatic hydroxyl groups is 2. The van der Waals surface area contributed by atoms with Crippen molar-refractivity contribution in [1.82, 2.24) is 0 Å². The molecule has 0 aliphatic carbocycles. The number of ether oxygens (including phenoxy) is 3. The van der Waals surface area contributed by atoms with Gasteiger partial charge in [-0.1, -0.05) is 32.4 Å². The fourth-order valence-electron chi connectivity index (χ4n) is 2.20. The van der Waals surface area contributed by atoms with E-state index in [9.17, 15) is 19.8 Å². The van der Waals surface area contributed by atoms with Gasteiger partial charge in [0, 0.05) is 14.2 Å². The van der Waals surface area contributed by atoms with Gasteiger partial charge >= 0.3 is 5.97 Å². The Kier molecular flexibility index (Phi) is 13.2. The number of esters is 1. The van der Waals surface area contributed by atoms with Crippen LogP contribution in [0.25, 0.3) is 0 Å². The highest BCUT2D eigenvalue weighted by Gasteiger charge is 2.27. The van der Waals surface area contributed by atoms with Gasteiger partial charge in [0.05, 0.1) is 24.7 Å². The number of hydrogen-bond donors (Lipinski definition) is 2. The Morgan fingerprint density at radius 1 is 1.27 bits per heavy atom. The highest BCUT2D eigenvalue weighted by Crippen LogP contribution is 2.26. The van der Waals surface area contributed by atoms with Crippen LogP contribution in [0, 0.1) is 0 Å². The maximum atomic E-state index is 12.3. The van der Waals surface area contributed by atoms with Crippen LogP contribution in [0.15, 0.2) is 18.2 Å². The Morgan fingerprint density at radius 2 is 1.92 bits per heavy atom. The molecule has 0 spiro atoms. The standard InChI is InChI=1S/C17H24O6.C2H6O/c1-3-5-8-22-16(20)14-9-12(4-2)6-7-13(14)15(10-18)17(21)23-11-19;1-3-2/h6-7,9,11,15,17-18,21H,3-5,8,10H2,1-2H3;1-2H3. The molecule has 7 heteroatoms. The molecule has 148 valence electrons. The van der Waals surface area contributed by atoms with Gasteiger partial charge in [0.1, 0.15) is 0 Å². The van der Waals surface area contributed by atoms with Crippen LogP contribution >= 0.6 is 0 Å². The molecule has 1 aromatic rings. The lowest BCUT2D eigenvalue weighted by atomic mass is 9.92. The molecule has 0 saturated carbocycles. The van der Waals surface area contributed by atoms with Gasteiger partial charge in [-0.2, -0.15) is 0 Å². The van der Waals surface area contributed by atoms with Crippen molar-refractivity contribution in [3.63, 3.8) is 0 Å². The average Bonchev–Trinajstić information content (AvgIpc) is 2.63. The maximum Gasteiger partial charge on any atom is 0.338 e. The summed E-state index contributed by atoms with van der Waals surface area (Å²) < 4.78 is 14.0. The predicted molar refractivity (Wildman–Crippen MR) is 96.9 cm³/mol. The highest BCUT2D eigenvalue weighted by atomic mass is 16.6. The number of hydrogen-bond acceptors (Lipinski definition) is 7. The zero-order chi connectivity index (χ0) is 19.9. The molecule has 0 aliphatic rings. The van der Waals surface area contributed by atoms with E-state index < -0.39 is 24.8 Å². The maximum absolute atomic E-state index is 12.3. The molecule has 2 unspecified atom stereocenters. The lowest BCUT2D eigenvalue weighted by molar-refractivity contribution is -0.157. The quantitative estimate of drug-likeness (QED) is 0.281. The van der Waals surface area contributed by atoms with E-state index in [-0.39, 0.29) is 12.0 Å². The van der Waals surface area contributed by atoms with Crippen LogP contribution < -0.4 is 0 Å². The van der Waals surface area contributed by atoms with Crippen LogP contribution in [-0.2, 0) is 25.4 Å². The molecule has 2 atom stereocenters. The molecule has 0 aliphatic heterocycles. The first-order valence-corrected chi connectivity index (χ1v) is 8.58. The molecule has 26 heavy (non-hydrogen) atoms. The van der Waals surface area contributed by atoms with Crippen LogP contribution in [0.5, 0.6) is 0 Å². The summed E-state index contributed by atoms with van der Waals surface area (Å²) in [4.78, 5) is 22.7. The predicted octanol–water partition coefficient (Wildman–Crippen LogP) is 2.04. The molecule has 0 aromatic heterocycles. The Hall–Kier alpha value is -1.96. The Labute approximate surface area is 154 Å². The van der Waals surface area contributed by atoms with Crippen LogP contribution in [0.1, 0.15) is 54.1 Å². The number of rotatable bonds is 10. The van der Waals surface area contributed by atoms with Crippen LogP contribution in [0.2, 0.25) is 0 Å². The number of methoxy groups -OCH3 is 1. The molecule has 0 bridgehead atoms. The second-order valence-electron chi connectivity index (χ2n) is 5.58. The largest absolute Gasteiger partial charge is 0.462 e. The third kappa shape index (κ3) is 7.95. The van der Waals surface area contributed by atoms with Gasteiger partial charge in [-0.15, -0.1) is 0 Å². The van der Waals surface area contributed by atoms with Crippen molar-refractivity contribution in [3.05, 3.63) is 34.9 Å². The molecule has 0 amide bonds. The van der Waals surface area contributed by atoms with E-state index in [1.165, 1.54) is 0 Å². The number of carbonyl (C=O) groups excluding carboxylic acids is 2. The monoisotopic (exact) mass is 370 g/mol. The van der Waals surface area contributed by atoms with Crippen molar-refractivity contribution >= 4 is 12.4 Å². The summed E-state index contributed by atoms with van der Waals surface area (Å²) in [7, 11) is 3.25. The summed E-state index contributed by atoms with van der Waals surface area (Å²) in [5, 5.41) is 19.4. The van der Waals surface area contributed by atoms with E-state index in [0.29, 0.717) is 12.2 Å². The summed E-state index contributed by atoms with van der Waals surface area (Å²) in [6.45, 7) is 3.88. The molecular formula is C19H30O7. The van der Waals surface area contributed by atoms with Gasteiger partial charge in [0.15, 0.2) is 0 Å². The normalized spacial score (nSPS) is 12.4. The van der Waals surface area contributed by atoms with Gasteiger partial charge in [-0.3, -0.25) is 4.79 Å². The second kappa shape index (κ2) is 14.2. The van der Waals surface area contributed by atoms with Gasteiger partial charge < -0.3 is 24.4 Å². The average molecular weight is 370 g/mol. The lowest BCUT2D eigenvalue weighted by Gasteiger charge is -2.22. The lowest BCUT2D eigenvalue weighted by Crippen LogP contribution is -2.26. The topological polar surface area (TPSA) is 102 Å². The van der Waals surface area contributed by atoms with Gasteiger partial charge in [-0.05, 0) is 30.0 Å². The van der Waals surface area contributed by atoms with Crippen LogP contribution in [0.4, 0.5) is 0 Å². The van der Waals surface area contributed by atoms with E-state index in [2.05, 4.69) is 9.47 Å². The Balaban J connectivity index is 0.00000194. The molecule has 0 fully saturated rings.